The molecule has 0 saturated heterocycles. The van der Waals surface area contributed by atoms with E-state index in [4.69, 9.17) is 4.74 Å². The predicted molar refractivity (Wildman–Crippen MR) is 118 cm³/mol. The minimum Gasteiger partial charge on any atom is -0.484 e. The first-order valence-electron chi connectivity index (χ1n) is 10.1. The molecule has 0 fully saturated rings. The van der Waals surface area contributed by atoms with Crippen molar-refractivity contribution in [3.8, 4) is 5.75 Å². The highest BCUT2D eigenvalue weighted by molar-refractivity contribution is 6.36. The molecule has 0 atom stereocenters. The molecule has 0 spiro atoms. The van der Waals surface area contributed by atoms with Crippen LogP contribution in [0.25, 0.3) is 0 Å². The Morgan fingerprint density at radius 1 is 0.697 bits per heavy atom. The van der Waals surface area contributed by atoms with Gasteiger partial charge in [0.25, 0.3) is 23.6 Å². The molecule has 0 bridgehead atoms. The molecular weight excluding hydrogens is 424 g/mol. The Morgan fingerprint density at radius 3 is 1.61 bits per heavy atom. The summed E-state index contributed by atoms with van der Waals surface area (Å²) >= 11 is 0. The first-order valence-corrected chi connectivity index (χ1v) is 10.1. The summed E-state index contributed by atoms with van der Waals surface area (Å²) in [7, 11) is 0. The lowest BCUT2D eigenvalue weighted by atomic mass is 10.1. The number of Topliss-reactive ketones (excluding diaryl/α,β-unsaturated/α-hetero) is 1. The molecule has 0 aliphatic carbocycles. The highest BCUT2D eigenvalue weighted by Gasteiger charge is 2.40. The number of benzene rings is 3. The summed E-state index contributed by atoms with van der Waals surface area (Å²) in [6, 6.07) is 17.2. The molecule has 3 aromatic rings. The van der Waals surface area contributed by atoms with Gasteiger partial charge in [0.05, 0.1) is 33.6 Å². The van der Waals surface area contributed by atoms with Crippen LogP contribution in [0.2, 0.25) is 0 Å². The lowest BCUT2D eigenvalue weighted by Crippen LogP contribution is -2.31. The zero-order valence-electron chi connectivity index (χ0n) is 17.4. The third-order valence-corrected chi connectivity index (χ3v) is 5.46. The molecule has 8 nitrogen and oxygen atoms in total. The van der Waals surface area contributed by atoms with E-state index in [1.54, 1.807) is 48.5 Å². The number of rotatable bonds is 5. The third kappa shape index (κ3) is 3.11. The lowest BCUT2D eigenvalue weighted by Gasteiger charge is -2.21. The van der Waals surface area contributed by atoms with Crippen molar-refractivity contribution in [2.24, 2.45) is 0 Å². The van der Waals surface area contributed by atoms with Crippen LogP contribution in [0, 0.1) is 0 Å². The van der Waals surface area contributed by atoms with E-state index in [-0.39, 0.29) is 51.8 Å². The molecule has 2 aliphatic rings. The quantitative estimate of drug-likeness (QED) is 0.565. The van der Waals surface area contributed by atoms with Crippen LogP contribution >= 0.6 is 0 Å². The molecule has 0 saturated carbocycles. The second-order valence-corrected chi connectivity index (χ2v) is 7.63. The summed E-state index contributed by atoms with van der Waals surface area (Å²) in [5.41, 5.74) is 1.37. The number of nitrogens with zero attached hydrogens (tertiary/aromatic N) is 2. The second-order valence-electron chi connectivity index (χ2n) is 7.63. The number of anilines is 2. The number of amides is 4. The summed E-state index contributed by atoms with van der Waals surface area (Å²) in [6.45, 7) is 1.01. The smallest absolute Gasteiger partial charge is 0.266 e. The van der Waals surface area contributed by atoms with E-state index in [9.17, 15) is 24.0 Å². The Kier molecular flexibility index (Phi) is 4.63. The summed E-state index contributed by atoms with van der Waals surface area (Å²) in [5.74, 6) is -2.32. The van der Waals surface area contributed by atoms with Crippen molar-refractivity contribution >= 4 is 40.8 Å². The number of hydrogen-bond donors (Lipinski definition) is 0. The van der Waals surface area contributed by atoms with Gasteiger partial charge in [0.15, 0.2) is 5.78 Å². The van der Waals surface area contributed by atoms with Crippen LogP contribution in [0.3, 0.4) is 0 Å². The van der Waals surface area contributed by atoms with Gasteiger partial charge in [-0.1, -0.05) is 24.3 Å². The molecule has 2 aliphatic heterocycles. The Morgan fingerprint density at radius 2 is 1.15 bits per heavy atom. The van der Waals surface area contributed by atoms with E-state index in [0.717, 1.165) is 9.80 Å². The molecule has 0 unspecified atom stereocenters. The van der Waals surface area contributed by atoms with Crippen LogP contribution in [-0.2, 0) is 4.79 Å². The summed E-state index contributed by atoms with van der Waals surface area (Å²) < 4.78 is 5.61. The summed E-state index contributed by atoms with van der Waals surface area (Å²) in [6.07, 6.45) is 0. The van der Waals surface area contributed by atoms with Gasteiger partial charge in [-0.25, -0.2) is 9.80 Å². The van der Waals surface area contributed by atoms with Gasteiger partial charge < -0.3 is 4.74 Å². The van der Waals surface area contributed by atoms with Crippen molar-refractivity contribution in [2.45, 2.75) is 6.92 Å². The van der Waals surface area contributed by atoms with Crippen LogP contribution in [-0.4, -0.2) is 36.0 Å². The van der Waals surface area contributed by atoms with Crippen LogP contribution in [0.5, 0.6) is 5.75 Å². The third-order valence-electron chi connectivity index (χ3n) is 5.46. The Labute approximate surface area is 188 Å². The van der Waals surface area contributed by atoms with Crippen LogP contribution in [0.15, 0.2) is 66.7 Å². The minimum atomic E-state index is -0.531. The normalized spacial score (nSPS) is 14.6. The van der Waals surface area contributed by atoms with Gasteiger partial charge >= 0.3 is 0 Å². The number of ether oxygens (including phenoxy) is 1. The second kappa shape index (κ2) is 7.52. The number of imide groups is 2. The Bertz CT molecular complexity index is 1320. The van der Waals surface area contributed by atoms with E-state index in [1.807, 2.05) is 0 Å². The molecule has 0 N–H and O–H groups in total. The van der Waals surface area contributed by atoms with Gasteiger partial charge in [-0.3, -0.25) is 24.0 Å². The van der Waals surface area contributed by atoms with Crippen molar-refractivity contribution in [3.63, 3.8) is 0 Å². The molecule has 0 radical (unpaired) electrons. The Balaban J connectivity index is 1.58. The SMILES string of the molecule is CC(=O)COc1cc(N2C(=O)c3ccccc3C2=O)ccc1N1C(=O)c2ccccc2C1=O. The monoisotopic (exact) mass is 440 g/mol. The minimum absolute atomic E-state index is 0.0220. The number of carbonyl (C=O) groups is 5. The largest absolute Gasteiger partial charge is 0.484 e. The number of carbonyl (C=O) groups excluding carboxylic acids is 5. The number of fused-ring (bicyclic) bond motifs is 2. The predicted octanol–water partition coefficient (Wildman–Crippen LogP) is 3.26. The van der Waals surface area contributed by atoms with Gasteiger partial charge in [0.1, 0.15) is 12.4 Å². The zero-order valence-corrected chi connectivity index (χ0v) is 17.4. The van der Waals surface area contributed by atoms with Gasteiger partial charge in [0.2, 0.25) is 0 Å². The summed E-state index contributed by atoms with van der Waals surface area (Å²) in [5, 5.41) is 0. The molecule has 2 heterocycles. The molecule has 0 aromatic heterocycles. The fraction of sp³-hybridized carbons (Fsp3) is 0.0800. The standard InChI is InChI=1S/C25H16N2O6/c1-14(28)13-33-21-12-15(26-22(29)16-6-2-3-7-17(16)23(26)30)10-11-20(21)27-24(31)18-8-4-5-9-19(18)25(27)32/h2-12H,13H2,1H3. The van der Waals surface area contributed by atoms with E-state index < -0.39 is 23.6 Å². The van der Waals surface area contributed by atoms with Gasteiger partial charge in [-0.05, 0) is 43.3 Å². The highest BCUT2D eigenvalue weighted by Crippen LogP contribution is 2.39. The average Bonchev–Trinajstić information content (AvgIpc) is 3.22. The van der Waals surface area contributed by atoms with Gasteiger partial charge in [-0.15, -0.1) is 0 Å². The molecular formula is C25H16N2O6. The molecule has 8 heteroatoms. The topological polar surface area (TPSA) is 101 Å². The fourth-order valence-corrected chi connectivity index (χ4v) is 3.95. The van der Waals surface area contributed by atoms with Crippen molar-refractivity contribution < 1.29 is 28.7 Å². The van der Waals surface area contributed by atoms with Gasteiger partial charge in [-0.2, -0.15) is 0 Å². The average molecular weight is 440 g/mol. The molecule has 33 heavy (non-hydrogen) atoms. The van der Waals surface area contributed by atoms with E-state index in [1.165, 1.54) is 25.1 Å². The molecule has 162 valence electrons. The van der Waals surface area contributed by atoms with E-state index >= 15 is 0 Å². The van der Waals surface area contributed by atoms with Crippen LogP contribution < -0.4 is 14.5 Å². The Hall–Kier alpha value is -4.59. The maximum Gasteiger partial charge on any atom is 0.266 e. The van der Waals surface area contributed by atoms with Crippen molar-refractivity contribution in [1.82, 2.24) is 0 Å². The lowest BCUT2D eigenvalue weighted by molar-refractivity contribution is -0.118. The summed E-state index contributed by atoms with van der Waals surface area (Å²) in [4.78, 5) is 65.2. The molecule has 5 rings (SSSR count). The highest BCUT2D eigenvalue weighted by atomic mass is 16.5. The fourth-order valence-electron chi connectivity index (χ4n) is 3.95. The van der Waals surface area contributed by atoms with Gasteiger partial charge in [0, 0.05) is 6.07 Å². The van der Waals surface area contributed by atoms with Crippen molar-refractivity contribution in [1.29, 1.82) is 0 Å². The van der Waals surface area contributed by atoms with Crippen molar-refractivity contribution in [3.05, 3.63) is 89.0 Å². The molecule has 4 amide bonds. The number of hydrogen-bond acceptors (Lipinski definition) is 6. The van der Waals surface area contributed by atoms with E-state index in [2.05, 4.69) is 0 Å². The zero-order chi connectivity index (χ0) is 23.3. The van der Waals surface area contributed by atoms with E-state index in [0.29, 0.717) is 0 Å². The first kappa shape index (κ1) is 20.3. The maximum absolute atomic E-state index is 13.0. The van der Waals surface area contributed by atoms with Crippen LogP contribution in [0.1, 0.15) is 48.4 Å². The molecule has 3 aromatic carbocycles. The van der Waals surface area contributed by atoms with Crippen molar-refractivity contribution in [2.75, 3.05) is 16.4 Å². The first-order chi connectivity index (χ1) is 15.9. The number of ketones is 1. The maximum atomic E-state index is 13.0. The van der Waals surface area contributed by atoms with Crippen LogP contribution in [0.4, 0.5) is 11.4 Å².